The van der Waals surface area contributed by atoms with Gasteiger partial charge in [-0.3, -0.25) is 8.75 Å². The molecule has 0 bridgehead atoms. The van der Waals surface area contributed by atoms with Gasteiger partial charge in [0.1, 0.15) is 0 Å². The average Bonchev–Trinajstić information content (AvgIpc) is 2.55. The Bertz CT molecular complexity index is 577. The summed E-state index contributed by atoms with van der Waals surface area (Å²) >= 11 is 1.49. The third kappa shape index (κ3) is 2.42. The Labute approximate surface area is 105 Å². The molecule has 1 unspecified atom stereocenters. The van der Waals surface area contributed by atoms with E-state index < -0.39 is 0 Å². The zero-order valence-corrected chi connectivity index (χ0v) is 11.3. The third-order valence-electron chi connectivity index (χ3n) is 3.03. The second-order valence-electron chi connectivity index (χ2n) is 5.43. The summed E-state index contributed by atoms with van der Waals surface area (Å²) in [6, 6.07) is 7.66. The highest BCUT2D eigenvalue weighted by molar-refractivity contribution is 7.13. The summed E-state index contributed by atoms with van der Waals surface area (Å²) in [6.07, 6.45) is 0. The van der Waals surface area contributed by atoms with Crippen LogP contribution in [0.3, 0.4) is 0 Å². The van der Waals surface area contributed by atoms with Crippen LogP contribution in [-0.4, -0.2) is 10.00 Å². The van der Waals surface area contributed by atoms with Gasteiger partial charge in [0.2, 0.25) is 0 Å². The Morgan fingerprint density at radius 3 is 2.59 bits per heavy atom. The van der Waals surface area contributed by atoms with Gasteiger partial charge in [-0.15, -0.1) is 0 Å². The van der Waals surface area contributed by atoms with E-state index in [1.807, 2.05) is 24.3 Å². The molecule has 0 saturated heterocycles. The van der Waals surface area contributed by atoms with Crippen molar-refractivity contribution >= 4 is 21.6 Å². The predicted octanol–water partition coefficient (Wildman–Crippen LogP) is 2.44. The number of fused-ring (bicyclic) bond motifs is 1. The third-order valence-corrected chi connectivity index (χ3v) is 4.12. The van der Waals surface area contributed by atoms with Crippen molar-refractivity contribution in [1.29, 1.82) is 0 Å². The van der Waals surface area contributed by atoms with Gasteiger partial charge >= 0.3 is 0 Å². The van der Waals surface area contributed by atoms with Gasteiger partial charge in [-0.2, -0.15) is 0 Å². The molecule has 17 heavy (non-hydrogen) atoms. The van der Waals surface area contributed by atoms with Crippen LogP contribution < -0.4 is 11.3 Å². The van der Waals surface area contributed by atoms with E-state index in [4.69, 9.17) is 5.73 Å². The molecule has 0 aliphatic heterocycles. The van der Waals surface area contributed by atoms with E-state index in [0.29, 0.717) is 6.54 Å². The fraction of sp³-hybridized carbons (Fsp3) is 0.462. The second-order valence-corrected chi connectivity index (χ2v) is 6.49. The number of hydrogen-bond donors (Lipinski definition) is 1. The van der Waals surface area contributed by atoms with Gasteiger partial charge < -0.3 is 5.73 Å². The fourth-order valence-corrected chi connectivity index (χ4v) is 2.64. The quantitative estimate of drug-likeness (QED) is 0.890. The molecule has 3 nitrogen and oxygen atoms in total. The summed E-state index contributed by atoms with van der Waals surface area (Å²) < 4.78 is 2.79. The monoisotopic (exact) mass is 250 g/mol. The molecule has 0 aliphatic rings. The van der Waals surface area contributed by atoms with Crippen molar-refractivity contribution in [2.24, 2.45) is 11.1 Å². The molecule has 1 aromatic heterocycles. The van der Waals surface area contributed by atoms with Crippen LogP contribution in [0.4, 0.5) is 0 Å². The summed E-state index contributed by atoms with van der Waals surface area (Å²) in [5.41, 5.74) is 6.20. The Kier molecular flexibility index (Phi) is 3.10. The Morgan fingerprint density at radius 2 is 2.00 bits per heavy atom. The van der Waals surface area contributed by atoms with Crippen molar-refractivity contribution in [3.63, 3.8) is 0 Å². The number of benzene rings is 1. The highest BCUT2D eigenvalue weighted by Gasteiger charge is 2.22. The van der Waals surface area contributed by atoms with Crippen LogP contribution >= 0.6 is 11.5 Å². The first kappa shape index (κ1) is 12.3. The topological polar surface area (TPSA) is 48.0 Å². The van der Waals surface area contributed by atoms with Crippen LogP contribution in [0.2, 0.25) is 0 Å². The lowest BCUT2D eigenvalue weighted by Gasteiger charge is -2.26. The number of nitrogens with two attached hydrogens (primary N) is 1. The molecule has 1 atom stereocenters. The van der Waals surface area contributed by atoms with Crippen LogP contribution in [0.5, 0.6) is 0 Å². The normalized spacial score (nSPS) is 14.1. The van der Waals surface area contributed by atoms with Crippen LogP contribution in [0.1, 0.15) is 20.8 Å². The minimum absolute atomic E-state index is 0.00954. The first-order valence-corrected chi connectivity index (χ1v) is 6.51. The van der Waals surface area contributed by atoms with Gasteiger partial charge in [0.05, 0.1) is 16.6 Å². The number of hydrogen-bond acceptors (Lipinski definition) is 3. The van der Waals surface area contributed by atoms with E-state index in [-0.39, 0.29) is 17.0 Å². The van der Waals surface area contributed by atoms with Crippen LogP contribution in [-0.2, 0) is 6.54 Å². The molecule has 0 radical (unpaired) electrons. The van der Waals surface area contributed by atoms with Gasteiger partial charge in [0.25, 0.3) is 5.56 Å². The highest BCUT2D eigenvalue weighted by atomic mass is 32.1. The largest absolute Gasteiger partial charge is 0.326 e. The van der Waals surface area contributed by atoms with E-state index in [9.17, 15) is 4.79 Å². The summed E-state index contributed by atoms with van der Waals surface area (Å²) in [5.74, 6) is 0. The molecule has 2 N–H and O–H groups in total. The molecule has 0 amide bonds. The Hall–Kier alpha value is -1.13. The number of aromatic nitrogens is 1. The van der Waals surface area contributed by atoms with E-state index in [1.54, 1.807) is 3.96 Å². The van der Waals surface area contributed by atoms with E-state index in [2.05, 4.69) is 20.8 Å². The SMILES string of the molecule is CC(C)(C)C(N)Cn1sc2ccccc2c1=O. The van der Waals surface area contributed by atoms with Crippen molar-refractivity contribution < 1.29 is 0 Å². The molecule has 1 heterocycles. The van der Waals surface area contributed by atoms with Gasteiger partial charge in [-0.25, -0.2) is 0 Å². The zero-order valence-electron chi connectivity index (χ0n) is 10.4. The van der Waals surface area contributed by atoms with E-state index in [0.717, 1.165) is 10.1 Å². The molecule has 0 aliphatic carbocycles. The number of nitrogens with zero attached hydrogens (tertiary/aromatic N) is 1. The molecule has 4 heteroatoms. The second kappa shape index (κ2) is 4.27. The molecule has 0 saturated carbocycles. The molecule has 0 fully saturated rings. The maximum atomic E-state index is 12.1. The summed E-state index contributed by atoms with van der Waals surface area (Å²) in [5, 5.41) is 0.790. The molecule has 1 aromatic carbocycles. The number of rotatable bonds is 2. The fourth-order valence-electron chi connectivity index (χ4n) is 1.59. The first-order chi connectivity index (χ1) is 7.89. The lowest BCUT2D eigenvalue weighted by atomic mass is 9.87. The molecular formula is C13H18N2OS. The van der Waals surface area contributed by atoms with Crippen LogP contribution in [0, 0.1) is 5.41 Å². The van der Waals surface area contributed by atoms with Crippen LogP contribution in [0.15, 0.2) is 29.1 Å². The molecule has 0 spiro atoms. The van der Waals surface area contributed by atoms with Crippen molar-refractivity contribution in [2.75, 3.05) is 0 Å². The maximum Gasteiger partial charge on any atom is 0.268 e. The van der Waals surface area contributed by atoms with Gasteiger partial charge in [0, 0.05) is 6.04 Å². The van der Waals surface area contributed by atoms with Crippen molar-refractivity contribution in [3.8, 4) is 0 Å². The summed E-state index contributed by atoms with van der Waals surface area (Å²) in [7, 11) is 0. The molecule has 2 rings (SSSR count). The Morgan fingerprint density at radius 1 is 1.35 bits per heavy atom. The standard InChI is InChI=1S/C13H18N2OS/c1-13(2,3)11(14)8-15-12(16)9-6-4-5-7-10(9)17-15/h4-7,11H,8,14H2,1-3H3. The van der Waals surface area contributed by atoms with Gasteiger partial charge in [-0.1, -0.05) is 44.4 Å². The Balaban J connectivity index is 2.38. The smallest absolute Gasteiger partial charge is 0.268 e. The molecule has 92 valence electrons. The maximum absolute atomic E-state index is 12.1. The molecular weight excluding hydrogens is 232 g/mol. The molecule has 2 aromatic rings. The lowest BCUT2D eigenvalue weighted by molar-refractivity contribution is 0.295. The first-order valence-electron chi connectivity index (χ1n) is 5.74. The summed E-state index contributed by atoms with van der Waals surface area (Å²) in [6.45, 7) is 6.86. The average molecular weight is 250 g/mol. The highest BCUT2D eigenvalue weighted by Crippen LogP contribution is 2.21. The lowest BCUT2D eigenvalue weighted by Crippen LogP contribution is -2.40. The van der Waals surface area contributed by atoms with Crippen molar-refractivity contribution in [3.05, 3.63) is 34.6 Å². The predicted molar refractivity (Wildman–Crippen MR) is 73.5 cm³/mol. The summed E-state index contributed by atoms with van der Waals surface area (Å²) in [4.78, 5) is 12.1. The van der Waals surface area contributed by atoms with Gasteiger partial charge in [-0.05, 0) is 17.5 Å². The van der Waals surface area contributed by atoms with E-state index in [1.165, 1.54) is 11.5 Å². The van der Waals surface area contributed by atoms with Crippen LogP contribution in [0.25, 0.3) is 10.1 Å². The zero-order chi connectivity index (χ0) is 12.6. The van der Waals surface area contributed by atoms with E-state index >= 15 is 0 Å². The van der Waals surface area contributed by atoms with Gasteiger partial charge in [0.15, 0.2) is 0 Å². The minimum atomic E-state index is -0.0201. The minimum Gasteiger partial charge on any atom is -0.326 e. The van der Waals surface area contributed by atoms with Crippen molar-refractivity contribution in [1.82, 2.24) is 3.96 Å². The van der Waals surface area contributed by atoms with Crippen molar-refractivity contribution in [2.45, 2.75) is 33.4 Å².